The molecule has 1 amide bonds. The van der Waals surface area contributed by atoms with E-state index in [1.165, 1.54) is 0 Å². The van der Waals surface area contributed by atoms with Crippen molar-refractivity contribution in [1.29, 1.82) is 0 Å². The van der Waals surface area contributed by atoms with Gasteiger partial charge in [0.05, 0.1) is 5.69 Å². The summed E-state index contributed by atoms with van der Waals surface area (Å²) in [5.74, 6) is 0.352. The predicted octanol–water partition coefficient (Wildman–Crippen LogP) is 6.10. The molecule has 0 unspecified atom stereocenters. The summed E-state index contributed by atoms with van der Waals surface area (Å²) in [6, 6.07) is 31.2. The van der Waals surface area contributed by atoms with Gasteiger partial charge in [0.25, 0.3) is 5.91 Å². The molecule has 0 aliphatic rings. The van der Waals surface area contributed by atoms with Gasteiger partial charge in [0, 0.05) is 21.1 Å². The SMILES string of the molecule is O=C(Nc1cccc2ccccc12)c1nc(-c2ccccc2)n(-c2ccc(Br)cc2)n1. The lowest BCUT2D eigenvalue weighted by Crippen LogP contribution is -2.14. The summed E-state index contributed by atoms with van der Waals surface area (Å²) in [5.41, 5.74) is 2.42. The lowest BCUT2D eigenvalue weighted by molar-refractivity contribution is 0.101. The Morgan fingerprint density at radius 2 is 1.52 bits per heavy atom. The summed E-state index contributed by atoms with van der Waals surface area (Å²) in [4.78, 5) is 17.7. The number of halogens is 1. The van der Waals surface area contributed by atoms with Gasteiger partial charge in [0.2, 0.25) is 5.82 Å². The third-order valence-electron chi connectivity index (χ3n) is 4.95. The van der Waals surface area contributed by atoms with Gasteiger partial charge in [-0.15, -0.1) is 5.10 Å². The molecule has 0 saturated heterocycles. The van der Waals surface area contributed by atoms with E-state index in [4.69, 9.17) is 0 Å². The molecule has 0 fully saturated rings. The average molecular weight is 469 g/mol. The molecular weight excluding hydrogens is 452 g/mol. The maximum atomic E-state index is 13.1. The van der Waals surface area contributed by atoms with Crippen LogP contribution in [-0.2, 0) is 0 Å². The van der Waals surface area contributed by atoms with Crippen molar-refractivity contribution in [3.63, 3.8) is 0 Å². The standard InChI is InChI=1S/C25H17BrN4O/c26-19-13-15-20(16-14-19)30-24(18-8-2-1-3-9-18)28-23(29-30)25(31)27-22-12-6-10-17-7-4-5-11-21(17)22/h1-16H,(H,27,31). The second-order valence-corrected chi connectivity index (χ2v) is 7.91. The van der Waals surface area contributed by atoms with Gasteiger partial charge in [-0.2, -0.15) is 0 Å². The fourth-order valence-electron chi connectivity index (χ4n) is 3.46. The molecule has 5 aromatic rings. The zero-order chi connectivity index (χ0) is 21.2. The first-order chi connectivity index (χ1) is 15.2. The van der Waals surface area contributed by atoms with Crippen molar-refractivity contribution >= 4 is 38.3 Å². The second-order valence-electron chi connectivity index (χ2n) is 6.99. The summed E-state index contributed by atoms with van der Waals surface area (Å²) in [7, 11) is 0. The van der Waals surface area contributed by atoms with Crippen molar-refractivity contribution in [2.45, 2.75) is 0 Å². The molecule has 0 spiro atoms. The zero-order valence-corrected chi connectivity index (χ0v) is 18.0. The van der Waals surface area contributed by atoms with Crippen LogP contribution in [0.1, 0.15) is 10.6 Å². The number of nitrogens with one attached hydrogen (secondary N) is 1. The Labute approximate surface area is 187 Å². The van der Waals surface area contributed by atoms with Gasteiger partial charge in [0.15, 0.2) is 5.82 Å². The topological polar surface area (TPSA) is 59.8 Å². The minimum atomic E-state index is -0.357. The van der Waals surface area contributed by atoms with Gasteiger partial charge in [-0.25, -0.2) is 9.67 Å². The number of aromatic nitrogens is 3. The molecule has 0 saturated carbocycles. The number of fused-ring (bicyclic) bond motifs is 1. The van der Waals surface area contributed by atoms with Gasteiger partial charge in [-0.3, -0.25) is 4.79 Å². The number of carbonyl (C=O) groups excluding carboxylic acids is 1. The fourth-order valence-corrected chi connectivity index (χ4v) is 3.72. The van der Waals surface area contributed by atoms with E-state index in [1.807, 2.05) is 97.1 Å². The Bertz CT molecular complexity index is 1370. The Hall–Kier alpha value is -3.77. The van der Waals surface area contributed by atoms with Gasteiger partial charge in [0.1, 0.15) is 0 Å². The highest BCUT2D eigenvalue weighted by molar-refractivity contribution is 9.10. The summed E-state index contributed by atoms with van der Waals surface area (Å²) in [6.07, 6.45) is 0. The smallest absolute Gasteiger partial charge is 0.295 e. The summed E-state index contributed by atoms with van der Waals surface area (Å²) in [5, 5.41) is 9.53. The highest BCUT2D eigenvalue weighted by Gasteiger charge is 2.19. The van der Waals surface area contributed by atoms with Gasteiger partial charge < -0.3 is 5.32 Å². The molecule has 1 heterocycles. The van der Waals surface area contributed by atoms with Crippen molar-refractivity contribution in [2.75, 3.05) is 5.32 Å². The van der Waals surface area contributed by atoms with Crippen molar-refractivity contribution in [3.8, 4) is 17.1 Å². The molecule has 5 nitrogen and oxygen atoms in total. The molecule has 150 valence electrons. The Balaban J connectivity index is 1.56. The third kappa shape index (κ3) is 3.85. The number of hydrogen-bond donors (Lipinski definition) is 1. The summed E-state index contributed by atoms with van der Waals surface area (Å²) < 4.78 is 2.66. The van der Waals surface area contributed by atoms with Crippen molar-refractivity contribution in [2.24, 2.45) is 0 Å². The lowest BCUT2D eigenvalue weighted by Gasteiger charge is -2.07. The highest BCUT2D eigenvalue weighted by Crippen LogP contribution is 2.25. The Kier molecular flexibility index (Phi) is 5.06. The van der Waals surface area contributed by atoms with Crippen LogP contribution in [0.5, 0.6) is 0 Å². The molecule has 5 rings (SSSR count). The number of rotatable bonds is 4. The molecular formula is C25H17BrN4O. The third-order valence-corrected chi connectivity index (χ3v) is 5.48. The quantitative estimate of drug-likeness (QED) is 0.346. The van der Waals surface area contributed by atoms with Crippen LogP contribution in [0.3, 0.4) is 0 Å². The summed E-state index contributed by atoms with van der Waals surface area (Å²) in [6.45, 7) is 0. The van der Waals surface area contributed by atoms with E-state index in [9.17, 15) is 4.79 Å². The normalized spacial score (nSPS) is 10.9. The first-order valence-corrected chi connectivity index (χ1v) is 10.6. The number of hydrogen-bond acceptors (Lipinski definition) is 3. The van der Waals surface area contributed by atoms with Gasteiger partial charge in [-0.05, 0) is 35.7 Å². The molecule has 0 radical (unpaired) electrons. The number of anilines is 1. The second kappa shape index (κ2) is 8.16. The minimum absolute atomic E-state index is 0.106. The van der Waals surface area contributed by atoms with Crippen LogP contribution in [0.2, 0.25) is 0 Å². The van der Waals surface area contributed by atoms with Crippen LogP contribution < -0.4 is 5.32 Å². The number of amides is 1. The molecule has 0 atom stereocenters. The van der Waals surface area contributed by atoms with E-state index in [0.29, 0.717) is 5.82 Å². The molecule has 6 heteroatoms. The number of carbonyl (C=O) groups is 1. The molecule has 4 aromatic carbocycles. The van der Waals surface area contributed by atoms with Crippen LogP contribution in [-0.4, -0.2) is 20.7 Å². The van der Waals surface area contributed by atoms with Crippen molar-refractivity contribution in [3.05, 3.63) is 107 Å². The fraction of sp³-hybridized carbons (Fsp3) is 0. The largest absolute Gasteiger partial charge is 0.319 e. The van der Waals surface area contributed by atoms with E-state index < -0.39 is 0 Å². The molecule has 0 aliphatic heterocycles. The molecule has 1 aromatic heterocycles. The van der Waals surface area contributed by atoms with Crippen LogP contribution >= 0.6 is 15.9 Å². The zero-order valence-electron chi connectivity index (χ0n) is 16.4. The number of benzene rings is 4. The Morgan fingerprint density at radius 3 is 2.32 bits per heavy atom. The van der Waals surface area contributed by atoms with E-state index >= 15 is 0 Å². The maximum Gasteiger partial charge on any atom is 0.295 e. The van der Waals surface area contributed by atoms with Crippen molar-refractivity contribution < 1.29 is 4.79 Å². The van der Waals surface area contributed by atoms with Crippen LogP contribution in [0.15, 0.2) is 102 Å². The Morgan fingerprint density at radius 1 is 0.806 bits per heavy atom. The molecule has 31 heavy (non-hydrogen) atoms. The average Bonchev–Trinajstić information content (AvgIpc) is 3.26. The highest BCUT2D eigenvalue weighted by atomic mass is 79.9. The van der Waals surface area contributed by atoms with Crippen molar-refractivity contribution in [1.82, 2.24) is 14.8 Å². The van der Waals surface area contributed by atoms with E-state index in [-0.39, 0.29) is 11.7 Å². The van der Waals surface area contributed by atoms with Gasteiger partial charge in [-0.1, -0.05) is 82.7 Å². The first kappa shape index (κ1) is 19.2. The van der Waals surface area contributed by atoms with Crippen LogP contribution in [0, 0.1) is 0 Å². The maximum absolute atomic E-state index is 13.1. The molecule has 0 bridgehead atoms. The summed E-state index contributed by atoms with van der Waals surface area (Å²) >= 11 is 3.46. The predicted molar refractivity (Wildman–Crippen MR) is 126 cm³/mol. The van der Waals surface area contributed by atoms with E-state index in [0.717, 1.165) is 32.2 Å². The molecule has 1 N–H and O–H groups in total. The minimum Gasteiger partial charge on any atom is -0.319 e. The monoisotopic (exact) mass is 468 g/mol. The van der Waals surface area contributed by atoms with E-state index in [1.54, 1.807) is 4.68 Å². The molecule has 0 aliphatic carbocycles. The van der Waals surface area contributed by atoms with Crippen LogP contribution in [0.25, 0.3) is 27.8 Å². The van der Waals surface area contributed by atoms with Gasteiger partial charge >= 0.3 is 0 Å². The lowest BCUT2D eigenvalue weighted by atomic mass is 10.1. The first-order valence-electron chi connectivity index (χ1n) is 9.76. The number of nitrogens with zero attached hydrogens (tertiary/aromatic N) is 3. The van der Waals surface area contributed by atoms with Crippen LogP contribution in [0.4, 0.5) is 5.69 Å². The van der Waals surface area contributed by atoms with E-state index in [2.05, 4.69) is 31.3 Å².